The first-order valence-corrected chi connectivity index (χ1v) is 5.64. The predicted molar refractivity (Wildman–Crippen MR) is 60.0 cm³/mol. The van der Waals surface area contributed by atoms with Crippen molar-refractivity contribution in [3.63, 3.8) is 0 Å². The molecule has 0 aliphatic carbocycles. The largest absolute Gasteiger partial charge is 0.493 e. The summed E-state index contributed by atoms with van der Waals surface area (Å²) in [6.07, 6.45) is 4.98. The van der Waals surface area contributed by atoms with Gasteiger partial charge in [0.05, 0.1) is 0 Å². The van der Waals surface area contributed by atoms with Crippen molar-refractivity contribution in [3.05, 3.63) is 36.0 Å². The Balaban J connectivity index is 2.05. The first-order chi connectivity index (χ1) is 7.74. The van der Waals surface area contributed by atoms with Crippen LogP contribution in [0.2, 0.25) is 0 Å². The molecule has 0 spiro atoms. The highest BCUT2D eigenvalue weighted by atomic mass is 32.2. The standard InChI is InChI=1S/C10H10N4OS/c1-7-2-9(15)14-10(13-7)16-5-8-3-11-6-12-4-8/h2-4,6H,5H2,1H3,(H,13,14,15). The summed E-state index contributed by atoms with van der Waals surface area (Å²) >= 11 is 1.44. The molecule has 0 radical (unpaired) electrons. The summed E-state index contributed by atoms with van der Waals surface area (Å²) in [5.41, 5.74) is 1.75. The zero-order valence-corrected chi connectivity index (χ0v) is 9.48. The molecule has 0 amide bonds. The molecule has 1 N–H and O–H groups in total. The molecule has 0 aliphatic heterocycles. The number of aromatic hydroxyl groups is 1. The molecule has 0 saturated heterocycles. The first kappa shape index (κ1) is 10.8. The Kier molecular flexibility index (Phi) is 3.31. The highest BCUT2D eigenvalue weighted by Gasteiger charge is 2.02. The molecule has 5 nitrogen and oxygen atoms in total. The molecule has 2 heterocycles. The molecular weight excluding hydrogens is 224 g/mol. The Hall–Kier alpha value is -1.69. The second kappa shape index (κ2) is 4.89. The van der Waals surface area contributed by atoms with E-state index in [1.807, 2.05) is 6.92 Å². The molecule has 2 rings (SSSR count). The van der Waals surface area contributed by atoms with Gasteiger partial charge >= 0.3 is 0 Å². The third-order valence-corrected chi connectivity index (χ3v) is 2.72. The van der Waals surface area contributed by atoms with Gasteiger partial charge in [-0.2, -0.15) is 4.98 Å². The summed E-state index contributed by atoms with van der Waals surface area (Å²) < 4.78 is 0. The van der Waals surface area contributed by atoms with E-state index in [-0.39, 0.29) is 5.88 Å². The Morgan fingerprint density at radius 2 is 2.00 bits per heavy atom. The van der Waals surface area contributed by atoms with E-state index in [0.29, 0.717) is 10.9 Å². The van der Waals surface area contributed by atoms with Gasteiger partial charge in [0.1, 0.15) is 6.33 Å². The minimum absolute atomic E-state index is 0.000637. The van der Waals surface area contributed by atoms with Gasteiger partial charge < -0.3 is 5.11 Å². The van der Waals surface area contributed by atoms with Gasteiger partial charge in [-0.3, -0.25) is 0 Å². The lowest BCUT2D eigenvalue weighted by atomic mass is 10.4. The van der Waals surface area contributed by atoms with E-state index in [1.54, 1.807) is 12.4 Å². The van der Waals surface area contributed by atoms with Crippen LogP contribution in [0.15, 0.2) is 29.9 Å². The van der Waals surface area contributed by atoms with Crippen LogP contribution in [-0.4, -0.2) is 25.0 Å². The van der Waals surface area contributed by atoms with E-state index in [1.165, 1.54) is 24.2 Å². The smallest absolute Gasteiger partial charge is 0.215 e. The lowest BCUT2D eigenvalue weighted by Gasteiger charge is -2.01. The van der Waals surface area contributed by atoms with Crippen LogP contribution in [0, 0.1) is 6.92 Å². The summed E-state index contributed by atoms with van der Waals surface area (Å²) in [6, 6.07) is 1.52. The van der Waals surface area contributed by atoms with Gasteiger partial charge in [0, 0.05) is 29.9 Å². The molecule has 16 heavy (non-hydrogen) atoms. The lowest BCUT2D eigenvalue weighted by molar-refractivity contribution is 0.444. The van der Waals surface area contributed by atoms with Crippen molar-refractivity contribution < 1.29 is 5.11 Å². The number of aryl methyl sites for hydroxylation is 1. The highest BCUT2D eigenvalue weighted by molar-refractivity contribution is 7.98. The highest BCUT2D eigenvalue weighted by Crippen LogP contribution is 2.20. The van der Waals surface area contributed by atoms with Gasteiger partial charge in [0.2, 0.25) is 5.88 Å². The van der Waals surface area contributed by atoms with Crippen molar-refractivity contribution in [1.29, 1.82) is 0 Å². The second-order valence-electron chi connectivity index (χ2n) is 3.19. The monoisotopic (exact) mass is 234 g/mol. The molecular formula is C10H10N4OS. The maximum absolute atomic E-state index is 9.30. The summed E-state index contributed by atoms with van der Waals surface area (Å²) in [7, 11) is 0. The molecule has 82 valence electrons. The van der Waals surface area contributed by atoms with Crippen LogP contribution in [0.1, 0.15) is 11.3 Å². The fourth-order valence-corrected chi connectivity index (χ4v) is 1.95. The third-order valence-electron chi connectivity index (χ3n) is 1.80. The number of hydrogen-bond acceptors (Lipinski definition) is 6. The van der Waals surface area contributed by atoms with Crippen LogP contribution < -0.4 is 0 Å². The topological polar surface area (TPSA) is 71.8 Å². The molecule has 0 unspecified atom stereocenters. The second-order valence-corrected chi connectivity index (χ2v) is 4.13. The fraction of sp³-hybridized carbons (Fsp3) is 0.200. The predicted octanol–water partition coefficient (Wildman–Crippen LogP) is 1.57. The van der Waals surface area contributed by atoms with Gasteiger partial charge in [-0.05, 0) is 12.5 Å². The van der Waals surface area contributed by atoms with E-state index >= 15 is 0 Å². The van der Waals surface area contributed by atoms with Crippen molar-refractivity contribution in [1.82, 2.24) is 19.9 Å². The molecule has 0 atom stereocenters. The van der Waals surface area contributed by atoms with Crippen molar-refractivity contribution in [2.75, 3.05) is 0 Å². The zero-order valence-electron chi connectivity index (χ0n) is 8.66. The van der Waals surface area contributed by atoms with Crippen LogP contribution in [-0.2, 0) is 5.75 Å². The van der Waals surface area contributed by atoms with E-state index in [9.17, 15) is 5.11 Å². The Labute approximate surface area is 97.0 Å². The molecule has 6 heteroatoms. The zero-order chi connectivity index (χ0) is 11.4. The maximum Gasteiger partial charge on any atom is 0.215 e. The molecule has 0 bridgehead atoms. The van der Waals surface area contributed by atoms with E-state index in [2.05, 4.69) is 19.9 Å². The molecule has 0 aliphatic rings. The molecule has 0 aromatic carbocycles. The third kappa shape index (κ3) is 2.90. The summed E-state index contributed by atoms with van der Waals surface area (Å²) in [5.74, 6) is 0.684. The molecule has 0 saturated carbocycles. The number of thioether (sulfide) groups is 1. The average Bonchev–Trinajstić information content (AvgIpc) is 2.27. The number of aromatic nitrogens is 4. The van der Waals surface area contributed by atoms with Gasteiger partial charge in [-0.15, -0.1) is 0 Å². The number of nitrogens with zero attached hydrogens (tertiary/aromatic N) is 4. The first-order valence-electron chi connectivity index (χ1n) is 4.65. The van der Waals surface area contributed by atoms with Crippen LogP contribution in [0.25, 0.3) is 0 Å². The van der Waals surface area contributed by atoms with Gasteiger partial charge in [-0.25, -0.2) is 15.0 Å². The Morgan fingerprint density at radius 3 is 2.69 bits per heavy atom. The van der Waals surface area contributed by atoms with Gasteiger partial charge in [0.25, 0.3) is 0 Å². The Bertz CT molecular complexity index is 457. The minimum atomic E-state index is -0.000637. The normalized spacial score (nSPS) is 10.3. The fourth-order valence-electron chi connectivity index (χ4n) is 1.14. The van der Waals surface area contributed by atoms with E-state index in [0.717, 1.165) is 11.3 Å². The SMILES string of the molecule is Cc1cc(O)nc(SCc2cncnc2)n1. The summed E-state index contributed by atoms with van der Waals surface area (Å²) in [5, 5.41) is 9.86. The molecule has 2 aromatic rings. The number of hydrogen-bond donors (Lipinski definition) is 1. The summed E-state index contributed by atoms with van der Waals surface area (Å²) in [4.78, 5) is 16.0. The van der Waals surface area contributed by atoms with Gasteiger partial charge in [0.15, 0.2) is 5.16 Å². The molecule has 2 aromatic heterocycles. The van der Waals surface area contributed by atoms with Crippen molar-refractivity contribution >= 4 is 11.8 Å². The van der Waals surface area contributed by atoms with Crippen LogP contribution >= 0.6 is 11.8 Å². The summed E-state index contributed by atoms with van der Waals surface area (Å²) in [6.45, 7) is 1.82. The number of rotatable bonds is 3. The van der Waals surface area contributed by atoms with Crippen molar-refractivity contribution in [3.8, 4) is 5.88 Å². The lowest BCUT2D eigenvalue weighted by Crippen LogP contribution is -1.91. The van der Waals surface area contributed by atoms with Crippen molar-refractivity contribution in [2.24, 2.45) is 0 Å². The van der Waals surface area contributed by atoms with Crippen molar-refractivity contribution in [2.45, 2.75) is 17.8 Å². The van der Waals surface area contributed by atoms with Gasteiger partial charge in [-0.1, -0.05) is 11.8 Å². The van der Waals surface area contributed by atoms with Crippen LogP contribution in [0.3, 0.4) is 0 Å². The average molecular weight is 234 g/mol. The minimum Gasteiger partial charge on any atom is -0.493 e. The maximum atomic E-state index is 9.30. The van der Waals surface area contributed by atoms with E-state index < -0.39 is 0 Å². The van der Waals surface area contributed by atoms with E-state index in [4.69, 9.17) is 0 Å². The quantitative estimate of drug-likeness (QED) is 0.642. The molecule has 0 fully saturated rings. The van der Waals surface area contributed by atoms with Crippen LogP contribution in [0.5, 0.6) is 5.88 Å². The van der Waals surface area contributed by atoms with Crippen LogP contribution in [0.4, 0.5) is 0 Å². The Morgan fingerprint density at radius 1 is 1.25 bits per heavy atom.